The summed E-state index contributed by atoms with van der Waals surface area (Å²) in [6.45, 7) is 9.75. The average Bonchev–Trinajstić information content (AvgIpc) is 3.03. The number of rotatable bonds is 5. The molecular weight excluding hydrogens is 308 g/mol. The molecule has 2 heterocycles. The molecule has 0 bridgehead atoms. The van der Waals surface area contributed by atoms with Gasteiger partial charge in [-0.25, -0.2) is 0 Å². The Balaban J connectivity index is 2.40. The largest absolute Gasteiger partial charge is 0.346 e. The first-order valence-electron chi connectivity index (χ1n) is 7.50. The fraction of sp³-hybridized carbons (Fsp3) is 0.389. The summed E-state index contributed by atoms with van der Waals surface area (Å²) in [5, 5.41) is 9.38. The lowest BCUT2D eigenvalue weighted by atomic mass is 9.94. The van der Waals surface area contributed by atoms with Crippen LogP contribution in [0, 0.1) is 38.0 Å². The average molecular weight is 328 g/mol. The molecule has 0 aromatic carbocycles. The Morgan fingerprint density at radius 1 is 1.17 bits per heavy atom. The number of hydrogen-bond donors (Lipinski definition) is 0. The Labute approximate surface area is 140 Å². The van der Waals surface area contributed by atoms with Gasteiger partial charge in [-0.2, -0.15) is 5.26 Å². The second-order valence-electron chi connectivity index (χ2n) is 5.95. The third-order valence-electron chi connectivity index (χ3n) is 3.90. The maximum Gasteiger partial charge on any atom is 0.197 e. The number of nitriles is 1. The van der Waals surface area contributed by atoms with E-state index >= 15 is 0 Å². The maximum absolute atomic E-state index is 12.8. The highest BCUT2D eigenvalue weighted by molar-refractivity contribution is 7.14. The lowest BCUT2D eigenvalue weighted by Crippen LogP contribution is -2.23. The van der Waals surface area contributed by atoms with Crippen molar-refractivity contribution in [1.29, 1.82) is 5.26 Å². The van der Waals surface area contributed by atoms with Crippen LogP contribution in [-0.4, -0.2) is 16.1 Å². The minimum atomic E-state index is -1.28. The van der Waals surface area contributed by atoms with Crippen molar-refractivity contribution in [3.05, 3.63) is 44.9 Å². The molecular formula is C18H20N2O2S. The molecule has 0 unspecified atom stereocenters. The molecule has 0 aliphatic rings. The van der Waals surface area contributed by atoms with Crippen LogP contribution in [0.15, 0.2) is 18.2 Å². The second-order valence-corrected chi connectivity index (χ2v) is 7.24. The van der Waals surface area contributed by atoms with E-state index in [1.807, 2.05) is 51.3 Å². The summed E-state index contributed by atoms with van der Waals surface area (Å²) in [5.74, 6) is -2.11. The Bertz CT molecular complexity index is 806. The summed E-state index contributed by atoms with van der Waals surface area (Å²) in [6.07, 6.45) is 0. The van der Waals surface area contributed by atoms with Crippen LogP contribution in [0.3, 0.4) is 0 Å². The summed E-state index contributed by atoms with van der Waals surface area (Å²) >= 11 is 1.31. The van der Waals surface area contributed by atoms with Crippen molar-refractivity contribution in [2.45, 2.75) is 40.7 Å². The van der Waals surface area contributed by atoms with Gasteiger partial charge in [-0.05, 0) is 52.8 Å². The molecule has 120 valence electrons. The summed E-state index contributed by atoms with van der Waals surface area (Å²) < 4.78 is 2.04. The number of carbonyl (C=O) groups excluding carboxylic acids is 2. The van der Waals surface area contributed by atoms with E-state index in [1.54, 1.807) is 12.1 Å². The number of Topliss-reactive ketones (excluding diaryl/α,β-unsaturated/α-hetero) is 2. The van der Waals surface area contributed by atoms with Crippen LogP contribution in [-0.2, 0) is 0 Å². The van der Waals surface area contributed by atoms with Crippen LogP contribution in [0.1, 0.15) is 56.2 Å². The highest BCUT2D eigenvalue weighted by atomic mass is 32.1. The Morgan fingerprint density at radius 2 is 1.83 bits per heavy atom. The van der Waals surface area contributed by atoms with Gasteiger partial charge in [0.05, 0.1) is 10.9 Å². The molecule has 4 nitrogen and oxygen atoms in total. The zero-order valence-electron chi connectivity index (χ0n) is 14.0. The summed E-state index contributed by atoms with van der Waals surface area (Å²) in [4.78, 5) is 26.7. The van der Waals surface area contributed by atoms with E-state index in [0.717, 1.165) is 16.3 Å². The van der Waals surface area contributed by atoms with Crippen molar-refractivity contribution < 1.29 is 9.59 Å². The Morgan fingerprint density at radius 3 is 2.26 bits per heavy atom. The molecule has 0 fully saturated rings. The van der Waals surface area contributed by atoms with Gasteiger partial charge in [0.25, 0.3) is 0 Å². The number of hydrogen-bond acceptors (Lipinski definition) is 4. The maximum atomic E-state index is 12.8. The quantitative estimate of drug-likeness (QED) is 0.608. The molecule has 0 aliphatic heterocycles. The molecule has 0 amide bonds. The molecule has 0 radical (unpaired) electrons. The predicted octanol–water partition coefficient (Wildman–Crippen LogP) is 4.26. The smallest absolute Gasteiger partial charge is 0.197 e. The lowest BCUT2D eigenvalue weighted by Gasteiger charge is -2.14. The van der Waals surface area contributed by atoms with Gasteiger partial charge < -0.3 is 4.57 Å². The lowest BCUT2D eigenvalue weighted by molar-refractivity contribution is 0.0848. The third kappa shape index (κ3) is 3.13. The van der Waals surface area contributed by atoms with Crippen LogP contribution >= 0.6 is 11.3 Å². The molecule has 2 aromatic heterocycles. The first kappa shape index (κ1) is 17.2. The molecule has 0 saturated carbocycles. The summed E-state index contributed by atoms with van der Waals surface area (Å²) in [6, 6.07) is 7.38. The van der Waals surface area contributed by atoms with Gasteiger partial charge in [0.1, 0.15) is 0 Å². The van der Waals surface area contributed by atoms with Crippen molar-refractivity contribution in [1.82, 2.24) is 4.57 Å². The van der Waals surface area contributed by atoms with Gasteiger partial charge in [0, 0.05) is 27.9 Å². The van der Waals surface area contributed by atoms with E-state index in [1.165, 1.54) is 11.3 Å². The standard InChI is InChI=1S/C18H20N2O2S/c1-10(2)20-11(3)8-14(13(20)5)17(21)15(9-19)18(22)16-7-6-12(4)23-16/h6-8,10,15H,1-5H3/t15-/m0/s1. The molecule has 0 spiro atoms. The van der Waals surface area contributed by atoms with Crippen LogP contribution in [0.4, 0.5) is 0 Å². The molecule has 2 aromatic rings. The topological polar surface area (TPSA) is 62.9 Å². The Hall–Kier alpha value is -2.19. The fourth-order valence-electron chi connectivity index (χ4n) is 2.92. The zero-order valence-corrected chi connectivity index (χ0v) is 14.8. The SMILES string of the molecule is Cc1ccc(C(=O)[C@@H](C#N)C(=O)c2cc(C)n(C(C)C)c2C)s1. The molecule has 2 rings (SSSR count). The monoisotopic (exact) mass is 328 g/mol. The zero-order chi connectivity index (χ0) is 17.3. The number of nitrogens with zero attached hydrogens (tertiary/aromatic N) is 2. The van der Waals surface area contributed by atoms with E-state index in [4.69, 9.17) is 0 Å². The predicted molar refractivity (Wildman–Crippen MR) is 91.1 cm³/mol. The van der Waals surface area contributed by atoms with E-state index < -0.39 is 17.5 Å². The van der Waals surface area contributed by atoms with Gasteiger partial charge in [-0.3, -0.25) is 9.59 Å². The van der Waals surface area contributed by atoms with Crippen molar-refractivity contribution in [2.75, 3.05) is 0 Å². The first-order chi connectivity index (χ1) is 10.8. The first-order valence-corrected chi connectivity index (χ1v) is 8.32. The fourth-order valence-corrected chi connectivity index (χ4v) is 3.76. The highest BCUT2D eigenvalue weighted by Crippen LogP contribution is 2.25. The third-order valence-corrected chi connectivity index (χ3v) is 4.92. The van der Waals surface area contributed by atoms with Crippen LogP contribution in [0.5, 0.6) is 0 Å². The minimum Gasteiger partial charge on any atom is -0.346 e. The number of ketones is 2. The van der Waals surface area contributed by atoms with Gasteiger partial charge in [0.15, 0.2) is 17.5 Å². The minimum absolute atomic E-state index is 0.215. The second kappa shape index (κ2) is 6.51. The van der Waals surface area contributed by atoms with Crippen molar-refractivity contribution >= 4 is 22.9 Å². The van der Waals surface area contributed by atoms with E-state index in [0.29, 0.717) is 10.4 Å². The van der Waals surface area contributed by atoms with Crippen LogP contribution in [0.2, 0.25) is 0 Å². The molecule has 5 heteroatoms. The highest BCUT2D eigenvalue weighted by Gasteiger charge is 2.31. The number of carbonyl (C=O) groups is 2. The normalized spacial score (nSPS) is 12.2. The summed E-state index contributed by atoms with van der Waals surface area (Å²) in [7, 11) is 0. The van der Waals surface area contributed by atoms with Crippen LogP contribution in [0.25, 0.3) is 0 Å². The van der Waals surface area contributed by atoms with Crippen molar-refractivity contribution in [3.8, 4) is 6.07 Å². The number of thiophene rings is 1. The molecule has 1 atom stereocenters. The molecule has 23 heavy (non-hydrogen) atoms. The van der Waals surface area contributed by atoms with Gasteiger partial charge in [-0.15, -0.1) is 11.3 Å². The molecule has 0 saturated heterocycles. The van der Waals surface area contributed by atoms with Crippen molar-refractivity contribution in [2.24, 2.45) is 5.92 Å². The number of aryl methyl sites for hydroxylation is 2. The van der Waals surface area contributed by atoms with Gasteiger partial charge >= 0.3 is 0 Å². The van der Waals surface area contributed by atoms with E-state index in [2.05, 4.69) is 0 Å². The van der Waals surface area contributed by atoms with Gasteiger partial charge in [0.2, 0.25) is 0 Å². The molecule has 0 N–H and O–H groups in total. The van der Waals surface area contributed by atoms with Crippen molar-refractivity contribution in [3.63, 3.8) is 0 Å². The van der Waals surface area contributed by atoms with Crippen LogP contribution < -0.4 is 0 Å². The summed E-state index contributed by atoms with van der Waals surface area (Å²) in [5.41, 5.74) is 2.22. The Kier molecular flexibility index (Phi) is 4.86. The van der Waals surface area contributed by atoms with E-state index in [9.17, 15) is 14.9 Å². The van der Waals surface area contributed by atoms with Gasteiger partial charge in [-0.1, -0.05) is 0 Å². The molecule has 0 aliphatic carbocycles. The van der Waals surface area contributed by atoms with E-state index in [-0.39, 0.29) is 6.04 Å². The number of aromatic nitrogens is 1.